The average molecular weight is 329 g/mol. The van der Waals surface area contributed by atoms with E-state index in [1.54, 1.807) is 7.05 Å². The predicted octanol–water partition coefficient (Wildman–Crippen LogP) is -1.61. The molecule has 1 aliphatic carbocycles. The second-order valence-electron chi connectivity index (χ2n) is 6.58. The smallest absolute Gasteiger partial charge is 0.181 e. The molecular weight excluding hydrogens is 302 g/mol. The fraction of sp³-hybridized carbons (Fsp3) is 0.933. The molecule has 0 aromatic carbocycles. The van der Waals surface area contributed by atoms with E-state index in [9.17, 15) is 10.2 Å². The van der Waals surface area contributed by atoms with E-state index in [0.29, 0.717) is 0 Å². The fourth-order valence-electron chi connectivity index (χ4n) is 3.88. The minimum Gasteiger partial charge on any atom is -0.389 e. The Morgan fingerprint density at radius 1 is 1.26 bits per heavy atom. The summed E-state index contributed by atoms with van der Waals surface area (Å²) < 4.78 is 17.2. The Hall–Kier alpha value is -0.610. The number of ether oxygens (including phenoxy) is 3. The van der Waals surface area contributed by atoms with Gasteiger partial charge in [-0.15, -0.1) is 0 Å². The van der Waals surface area contributed by atoms with Gasteiger partial charge in [0.2, 0.25) is 0 Å². The van der Waals surface area contributed by atoms with E-state index in [2.05, 4.69) is 10.3 Å². The van der Waals surface area contributed by atoms with E-state index in [4.69, 9.17) is 19.9 Å². The number of nitrogens with one attached hydrogen (secondary N) is 1. The highest BCUT2D eigenvalue weighted by Crippen LogP contribution is 2.33. The molecule has 4 rings (SSSR count). The molecule has 0 radical (unpaired) electrons. The number of aliphatic hydroxyl groups is 2. The van der Waals surface area contributed by atoms with Crippen LogP contribution in [-0.4, -0.2) is 85.0 Å². The second kappa shape index (κ2) is 6.72. The van der Waals surface area contributed by atoms with Gasteiger partial charge in [-0.1, -0.05) is 0 Å². The molecule has 0 aromatic heterocycles. The van der Waals surface area contributed by atoms with Crippen LogP contribution in [0, 0.1) is 0 Å². The Morgan fingerprint density at radius 3 is 2.52 bits per heavy atom. The molecule has 0 amide bonds. The number of aliphatic hydroxyl groups excluding tert-OH is 2. The van der Waals surface area contributed by atoms with Gasteiger partial charge in [-0.25, -0.2) is 0 Å². The standard InChI is InChI=1S/C15H27N3O5/c1-6-8-5-4-7(18-6)15(22-8)23-13-9(16)11(19)14(21-3)10(17-2)12(13)20/h7-15,17,19-20H,4-5,16H2,1-3H3/t7-,8-,9+,10-,11+,12-,13-,14+,15-/m1/s1. The van der Waals surface area contributed by atoms with E-state index in [-0.39, 0.29) is 12.1 Å². The molecule has 8 nitrogen and oxygen atoms in total. The van der Waals surface area contributed by atoms with Crippen molar-refractivity contribution in [3.05, 3.63) is 0 Å². The predicted molar refractivity (Wildman–Crippen MR) is 83.3 cm³/mol. The molecule has 23 heavy (non-hydrogen) atoms. The van der Waals surface area contributed by atoms with Crippen molar-refractivity contribution in [2.45, 2.75) is 74.7 Å². The third-order valence-corrected chi connectivity index (χ3v) is 5.24. The highest BCUT2D eigenvalue weighted by molar-refractivity contribution is 5.87. The summed E-state index contributed by atoms with van der Waals surface area (Å²) in [5, 5.41) is 24.0. The minimum atomic E-state index is -0.947. The summed E-state index contributed by atoms with van der Waals surface area (Å²) in [6, 6.07) is -1.33. The molecule has 8 heteroatoms. The van der Waals surface area contributed by atoms with Crippen LogP contribution in [0.25, 0.3) is 0 Å². The molecule has 9 atom stereocenters. The number of rotatable bonds is 4. The first kappa shape index (κ1) is 17.2. The number of hydrogen-bond donors (Lipinski definition) is 4. The molecule has 3 aliphatic heterocycles. The Kier molecular flexibility index (Phi) is 5.03. The van der Waals surface area contributed by atoms with Gasteiger partial charge in [0.15, 0.2) is 6.29 Å². The van der Waals surface area contributed by atoms with Crippen LogP contribution < -0.4 is 11.1 Å². The van der Waals surface area contributed by atoms with Gasteiger partial charge in [0.25, 0.3) is 0 Å². The highest BCUT2D eigenvalue weighted by Gasteiger charge is 2.51. The van der Waals surface area contributed by atoms with Crippen LogP contribution >= 0.6 is 0 Å². The van der Waals surface area contributed by atoms with Crippen LogP contribution in [0.4, 0.5) is 0 Å². The summed E-state index contributed by atoms with van der Waals surface area (Å²) in [4.78, 5) is 4.58. The maximum absolute atomic E-state index is 10.6. The molecular formula is C15H27N3O5. The van der Waals surface area contributed by atoms with E-state index in [0.717, 1.165) is 18.6 Å². The molecule has 2 bridgehead atoms. The van der Waals surface area contributed by atoms with Gasteiger partial charge >= 0.3 is 0 Å². The summed E-state index contributed by atoms with van der Waals surface area (Å²) in [6.07, 6.45) is -1.96. The number of fused-ring (bicyclic) bond motifs is 2. The van der Waals surface area contributed by atoms with Crippen molar-refractivity contribution in [1.82, 2.24) is 5.32 Å². The summed E-state index contributed by atoms with van der Waals surface area (Å²) in [7, 11) is 3.19. The van der Waals surface area contributed by atoms with Crippen molar-refractivity contribution < 1.29 is 24.4 Å². The first-order valence-electron chi connectivity index (χ1n) is 8.15. The lowest BCUT2D eigenvalue weighted by molar-refractivity contribution is -0.256. The van der Waals surface area contributed by atoms with Crippen molar-refractivity contribution in [1.29, 1.82) is 0 Å². The zero-order chi connectivity index (χ0) is 16.7. The lowest BCUT2D eigenvalue weighted by atomic mass is 9.81. The SMILES string of the molecule is CN[C@@H]1[C@@H](O)[C@H](O[C@H]2O[C@@H]3CC[C@H]2N=C3C)[C@@H](N)[C@H](O)[C@H]1OC. The van der Waals surface area contributed by atoms with Crippen LogP contribution in [0.3, 0.4) is 0 Å². The second-order valence-corrected chi connectivity index (χ2v) is 6.58. The monoisotopic (exact) mass is 329 g/mol. The largest absolute Gasteiger partial charge is 0.389 e. The van der Waals surface area contributed by atoms with Gasteiger partial charge in [-0.3, -0.25) is 4.99 Å². The van der Waals surface area contributed by atoms with Gasteiger partial charge in [0, 0.05) is 12.8 Å². The molecule has 2 fully saturated rings. The molecule has 4 aliphatic rings. The zero-order valence-corrected chi connectivity index (χ0v) is 13.8. The summed E-state index contributed by atoms with van der Waals surface area (Å²) in [5.74, 6) is 0. The average Bonchev–Trinajstić information content (AvgIpc) is 2.55. The number of aliphatic imine (C=N–C) groups is 1. The summed E-state index contributed by atoms with van der Waals surface area (Å²) >= 11 is 0. The number of nitrogens with zero attached hydrogens (tertiary/aromatic N) is 1. The Labute approximate surface area is 136 Å². The Morgan fingerprint density at radius 2 is 2.00 bits per heavy atom. The third-order valence-electron chi connectivity index (χ3n) is 5.24. The van der Waals surface area contributed by atoms with Gasteiger partial charge in [-0.2, -0.15) is 0 Å². The number of likely N-dealkylation sites (N-methyl/N-ethyl adjacent to an activating group) is 1. The maximum atomic E-state index is 10.6. The van der Waals surface area contributed by atoms with Crippen molar-refractivity contribution >= 4 is 5.71 Å². The highest BCUT2D eigenvalue weighted by atomic mass is 16.7. The third kappa shape index (κ3) is 2.93. The molecule has 0 unspecified atom stereocenters. The Balaban J connectivity index is 1.74. The van der Waals surface area contributed by atoms with Gasteiger partial charge < -0.3 is 35.5 Å². The van der Waals surface area contributed by atoms with Crippen LogP contribution in [0.2, 0.25) is 0 Å². The quantitative estimate of drug-likeness (QED) is 0.490. The van der Waals surface area contributed by atoms with E-state index < -0.39 is 42.8 Å². The zero-order valence-electron chi connectivity index (χ0n) is 13.8. The summed E-state index contributed by atoms with van der Waals surface area (Å²) in [6.45, 7) is 1.96. The molecule has 0 spiro atoms. The molecule has 1 saturated carbocycles. The molecule has 5 N–H and O–H groups in total. The van der Waals surface area contributed by atoms with Crippen molar-refractivity contribution in [3.8, 4) is 0 Å². The number of hydrogen-bond acceptors (Lipinski definition) is 8. The number of nitrogens with two attached hydrogens (primary N) is 1. The lowest BCUT2D eigenvalue weighted by Gasteiger charge is -2.48. The fourth-order valence-corrected chi connectivity index (χ4v) is 3.88. The van der Waals surface area contributed by atoms with Crippen LogP contribution in [0.1, 0.15) is 19.8 Å². The van der Waals surface area contributed by atoms with Gasteiger partial charge in [-0.05, 0) is 26.8 Å². The topological polar surface area (TPSA) is 119 Å². The van der Waals surface area contributed by atoms with Crippen LogP contribution in [0.5, 0.6) is 0 Å². The lowest BCUT2D eigenvalue weighted by Crippen LogP contribution is -2.71. The first-order chi connectivity index (χ1) is 11.0. The van der Waals surface area contributed by atoms with Gasteiger partial charge in [0.05, 0.1) is 30.4 Å². The first-order valence-corrected chi connectivity index (χ1v) is 8.15. The van der Waals surface area contributed by atoms with E-state index >= 15 is 0 Å². The van der Waals surface area contributed by atoms with Crippen LogP contribution in [0.15, 0.2) is 4.99 Å². The molecule has 1 saturated heterocycles. The molecule has 132 valence electrons. The van der Waals surface area contributed by atoms with Gasteiger partial charge in [0.1, 0.15) is 18.2 Å². The van der Waals surface area contributed by atoms with Crippen molar-refractivity contribution in [3.63, 3.8) is 0 Å². The van der Waals surface area contributed by atoms with Crippen LogP contribution in [-0.2, 0) is 14.2 Å². The summed E-state index contributed by atoms with van der Waals surface area (Å²) in [5.41, 5.74) is 7.09. The Bertz CT molecular complexity index is 462. The van der Waals surface area contributed by atoms with E-state index in [1.807, 2.05) is 6.92 Å². The number of methoxy groups -OCH3 is 1. The van der Waals surface area contributed by atoms with E-state index in [1.165, 1.54) is 7.11 Å². The normalized spacial score (nSPS) is 50.0. The van der Waals surface area contributed by atoms with Crippen molar-refractivity contribution in [2.75, 3.05) is 14.2 Å². The molecule has 0 aromatic rings. The van der Waals surface area contributed by atoms with Crippen molar-refractivity contribution in [2.24, 2.45) is 10.7 Å². The molecule has 3 heterocycles. The maximum Gasteiger partial charge on any atom is 0.181 e. The minimum absolute atomic E-state index is 0.0290.